The Balaban J connectivity index is 1.31. The summed E-state index contributed by atoms with van der Waals surface area (Å²) in [6.07, 6.45) is 6.98. The molecule has 5 aliphatic carbocycles. The summed E-state index contributed by atoms with van der Waals surface area (Å²) >= 11 is 7.51. The van der Waals surface area contributed by atoms with Gasteiger partial charge in [-0.05, 0) is 127 Å². The molecule has 0 aromatic heterocycles. The van der Waals surface area contributed by atoms with Gasteiger partial charge in [0.15, 0.2) is 0 Å². The second-order valence-corrected chi connectivity index (χ2v) is 14.1. The molecule has 0 atom stereocenters. The SMILES string of the molecule is Clc1c2cccc1N(c1ccccc1)c1cccc(c1)C1(c3cccc(c3)N2c2ccccc2)C23CC4CC(C2)CC31C4. The van der Waals surface area contributed by atoms with Gasteiger partial charge in [0.25, 0.3) is 0 Å². The molecule has 0 radical (unpaired) electrons. The van der Waals surface area contributed by atoms with E-state index in [2.05, 4.69) is 137 Å². The van der Waals surface area contributed by atoms with Gasteiger partial charge < -0.3 is 9.80 Å². The molecule has 3 spiro atoms. The Morgan fingerprint density at radius 2 is 0.907 bits per heavy atom. The molecule has 43 heavy (non-hydrogen) atoms. The highest BCUT2D eigenvalue weighted by Crippen LogP contribution is 2.97. The summed E-state index contributed by atoms with van der Waals surface area (Å²) in [4.78, 5) is 4.73. The van der Waals surface area contributed by atoms with Crippen LogP contribution < -0.4 is 9.80 Å². The molecule has 0 amide bonds. The lowest BCUT2D eigenvalue weighted by atomic mass is 9.61. The molecular formula is C40H33ClN2. The Morgan fingerprint density at radius 1 is 0.488 bits per heavy atom. The standard InChI is InChI=1S/C40H33ClN2/c41-37-35-18-9-19-36(37)43(32-14-5-2-6-15-32)34-17-8-11-30(22-34)40(38-23-27-20-28(25-38)26-39(38,40)24-27)29-10-7-16-33(21-29)42(35)31-12-3-1-4-13-31/h1-19,21-22,27-28H,20,23-26H2. The van der Waals surface area contributed by atoms with Crippen LogP contribution in [0.25, 0.3) is 0 Å². The Hall–Kier alpha value is -4.01. The first-order chi connectivity index (χ1) is 21.2. The molecule has 1 heterocycles. The number of anilines is 6. The number of nitrogens with zero attached hydrogens (tertiary/aromatic N) is 2. The van der Waals surface area contributed by atoms with Crippen LogP contribution in [0.3, 0.4) is 0 Å². The first-order valence-corrected chi connectivity index (χ1v) is 16.2. The quantitative estimate of drug-likeness (QED) is 0.206. The maximum Gasteiger partial charge on any atom is 0.0887 e. The molecule has 11 rings (SSSR count). The molecule has 210 valence electrons. The summed E-state index contributed by atoms with van der Waals surface area (Å²) in [7, 11) is 0. The third kappa shape index (κ3) is 2.87. The smallest absolute Gasteiger partial charge is 0.0887 e. The molecule has 3 heteroatoms. The summed E-state index contributed by atoms with van der Waals surface area (Å²) in [5.41, 5.74) is 10.3. The Labute approximate surface area is 258 Å². The number of para-hydroxylation sites is 2. The van der Waals surface area contributed by atoms with Crippen molar-refractivity contribution in [3.8, 4) is 0 Å². The molecule has 0 unspecified atom stereocenters. The summed E-state index contributed by atoms with van der Waals surface area (Å²) in [6, 6.07) is 46.9. The van der Waals surface area contributed by atoms with E-state index < -0.39 is 0 Å². The van der Waals surface area contributed by atoms with Crippen LogP contribution in [-0.2, 0) is 5.41 Å². The number of benzene rings is 5. The van der Waals surface area contributed by atoms with Crippen molar-refractivity contribution in [2.45, 2.75) is 37.5 Å². The van der Waals surface area contributed by atoms with Crippen molar-refractivity contribution in [3.63, 3.8) is 0 Å². The molecule has 5 saturated carbocycles. The van der Waals surface area contributed by atoms with Gasteiger partial charge in [-0.2, -0.15) is 0 Å². The fourth-order valence-electron chi connectivity index (χ4n) is 11.2. The molecule has 6 aliphatic rings. The predicted molar refractivity (Wildman–Crippen MR) is 177 cm³/mol. The van der Waals surface area contributed by atoms with Crippen LogP contribution in [0.15, 0.2) is 127 Å². The topological polar surface area (TPSA) is 6.48 Å². The van der Waals surface area contributed by atoms with E-state index in [1.807, 2.05) is 0 Å². The van der Waals surface area contributed by atoms with Gasteiger partial charge in [-0.3, -0.25) is 0 Å². The van der Waals surface area contributed by atoms with Crippen molar-refractivity contribution >= 4 is 45.7 Å². The van der Waals surface area contributed by atoms with E-state index in [1.54, 1.807) is 0 Å². The number of hydrogen-bond acceptors (Lipinski definition) is 2. The zero-order valence-electron chi connectivity index (χ0n) is 24.1. The van der Waals surface area contributed by atoms with Crippen molar-refractivity contribution in [1.29, 1.82) is 0 Å². The predicted octanol–water partition coefficient (Wildman–Crippen LogP) is 11.1. The maximum absolute atomic E-state index is 7.51. The van der Waals surface area contributed by atoms with E-state index in [0.717, 1.165) is 39.6 Å². The van der Waals surface area contributed by atoms with Gasteiger partial charge in [-0.15, -0.1) is 0 Å². The van der Waals surface area contributed by atoms with Gasteiger partial charge in [0.1, 0.15) is 0 Å². The Bertz CT molecular complexity index is 1770. The summed E-state index contributed by atoms with van der Waals surface area (Å²) in [5.74, 6) is 1.82. The van der Waals surface area contributed by atoms with Crippen molar-refractivity contribution < 1.29 is 0 Å². The minimum Gasteiger partial charge on any atom is -0.309 e. The molecular weight excluding hydrogens is 544 g/mol. The molecule has 5 aromatic carbocycles. The largest absolute Gasteiger partial charge is 0.309 e. The number of halogens is 1. The van der Waals surface area contributed by atoms with Gasteiger partial charge in [0.05, 0.1) is 16.4 Å². The average Bonchev–Trinajstić information content (AvgIpc) is 3.21. The third-order valence-corrected chi connectivity index (χ3v) is 12.4. The van der Waals surface area contributed by atoms with Gasteiger partial charge >= 0.3 is 0 Å². The monoisotopic (exact) mass is 576 g/mol. The van der Waals surface area contributed by atoms with E-state index in [0.29, 0.717) is 10.8 Å². The maximum atomic E-state index is 7.51. The lowest BCUT2D eigenvalue weighted by Gasteiger charge is -2.43. The van der Waals surface area contributed by atoms with Crippen LogP contribution in [0.4, 0.5) is 34.1 Å². The zero-order chi connectivity index (χ0) is 28.4. The van der Waals surface area contributed by atoms with Crippen LogP contribution in [-0.4, -0.2) is 0 Å². The van der Waals surface area contributed by atoms with Crippen LogP contribution in [0, 0.1) is 22.7 Å². The van der Waals surface area contributed by atoms with Gasteiger partial charge in [-0.1, -0.05) is 78.3 Å². The van der Waals surface area contributed by atoms with Crippen molar-refractivity contribution in [3.05, 3.63) is 144 Å². The molecule has 5 aromatic rings. The highest BCUT2D eigenvalue weighted by molar-refractivity contribution is 6.36. The highest BCUT2D eigenvalue weighted by atomic mass is 35.5. The molecule has 2 nitrogen and oxygen atoms in total. The molecule has 5 fully saturated rings. The fourth-order valence-corrected chi connectivity index (χ4v) is 11.5. The van der Waals surface area contributed by atoms with Crippen molar-refractivity contribution in [2.75, 3.05) is 9.80 Å². The van der Waals surface area contributed by atoms with Crippen molar-refractivity contribution in [2.24, 2.45) is 22.7 Å². The summed E-state index contributed by atoms with van der Waals surface area (Å²) in [5, 5.41) is 0.735. The van der Waals surface area contributed by atoms with Crippen LogP contribution in [0.1, 0.15) is 43.2 Å². The van der Waals surface area contributed by atoms with E-state index in [9.17, 15) is 0 Å². The molecule has 0 saturated heterocycles. The minimum atomic E-state index is 0.0425. The number of hydrogen-bond donors (Lipinski definition) is 0. The van der Waals surface area contributed by atoms with E-state index >= 15 is 0 Å². The van der Waals surface area contributed by atoms with Gasteiger partial charge in [-0.25, -0.2) is 0 Å². The summed E-state index contributed by atoms with van der Waals surface area (Å²) in [6.45, 7) is 0. The van der Waals surface area contributed by atoms with Crippen LogP contribution in [0.2, 0.25) is 5.02 Å². The van der Waals surface area contributed by atoms with E-state index in [1.165, 1.54) is 54.6 Å². The second kappa shape index (κ2) is 8.33. The van der Waals surface area contributed by atoms with Crippen LogP contribution in [0.5, 0.6) is 0 Å². The fraction of sp³-hybridized carbons (Fsp3) is 0.250. The number of rotatable bonds is 2. The second-order valence-electron chi connectivity index (χ2n) is 13.8. The van der Waals surface area contributed by atoms with E-state index in [-0.39, 0.29) is 5.41 Å². The highest BCUT2D eigenvalue weighted by Gasteiger charge is 2.93. The first kappa shape index (κ1) is 24.4. The normalized spacial score (nSPS) is 28.4. The number of fused-ring (bicyclic) bond motifs is 8. The Morgan fingerprint density at radius 3 is 1.37 bits per heavy atom. The zero-order valence-corrected chi connectivity index (χ0v) is 24.8. The lowest BCUT2D eigenvalue weighted by molar-refractivity contribution is 0.158. The lowest BCUT2D eigenvalue weighted by Crippen LogP contribution is -2.35. The first-order valence-electron chi connectivity index (χ1n) is 15.9. The van der Waals surface area contributed by atoms with Crippen LogP contribution >= 0.6 is 11.6 Å². The van der Waals surface area contributed by atoms with Gasteiger partial charge in [0, 0.05) is 28.2 Å². The van der Waals surface area contributed by atoms with Crippen molar-refractivity contribution in [1.82, 2.24) is 0 Å². The molecule has 0 N–H and O–H groups in total. The van der Waals surface area contributed by atoms with Gasteiger partial charge in [0.2, 0.25) is 0 Å². The minimum absolute atomic E-state index is 0.0425. The Kier molecular flexibility index (Phi) is 4.73. The third-order valence-electron chi connectivity index (χ3n) is 12.0. The molecule has 10 bridgehead atoms. The molecule has 1 aliphatic heterocycles. The summed E-state index contributed by atoms with van der Waals surface area (Å²) < 4.78 is 0. The van der Waals surface area contributed by atoms with E-state index in [4.69, 9.17) is 11.6 Å². The average molecular weight is 577 g/mol.